The van der Waals surface area contributed by atoms with Gasteiger partial charge < -0.3 is 5.11 Å². The van der Waals surface area contributed by atoms with Crippen LogP contribution in [0, 0.1) is 0 Å². The van der Waals surface area contributed by atoms with Crippen LogP contribution in [0.15, 0.2) is 48.5 Å². The zero-order chi connectivity index (χ0) is 10.7. The predicted octanol–water partition coefficient (Wildman–Crippen LogP) is 2.94. The maximum Gasteiger partial charge on any atom is 0.328 e. The number of hydrogen-bond donors (Lipinski definition) is 1. The molecule has 0 aliphatic rings. The van der Waals surface area contributed by atoms with Crippen molar-refractivity contribution in [3.63, 3.8) is 0 Å². The maximum atomic E-state index is 10.3. The summed E-state index contributed by atoms with van der Waals surface area (Å²) in [5.41, 5.74) is 0.899. The van der Waals surface area contributed by atoms with Crippen molar-refractivity contribution in [1.82, 2.24) is 0 Å². The lowest BCUT2D eigenvalue weighted by Crippen LogP contribution is -1.85. The Morgan fingerprint density at radius 3 is 2.53 bits per heavy atom. The Hall–Kier alpha value is -2.09. The Kier molecular flexibility index (Phi) is 2.50. The predicted molar refractivity (Wildman–Crippen MR) is 60.6 cm³/mol. The van der Waals surface area contributed by atoms with Gasteiger partial charge in [0, 0.05) is 6.08 Å². The molecule has 15 heavy (non-hydrogen) atoms. The summed E-state index contributed by atoms with van der Waals surface area (Å²) in [7, 11) is 0. The summed E-state index contributed by atoms with van der Waals surface area (Å²) in [6.45, 7) is 0. The first-order valence-electron chi connectivity index (χ1n) is 4.65. The summed E-state index contributed by atoms with van der Waals surface area (Å²) in [6, 6.07) is 13.8. The number of aliphatic carboxylic acids is 1. The molecule has 74 valence electrons. The fourth-order valence-corrected chi connectivity index (χ4v) is 1.48. The number of fused-ring (bicyclic) bond motifs is 1. The lowest BCUT2D eigenvalue weighted by atomic mass is 10.1. The molecule has 0 saturated heterocycles. The normalized spacial score (nSPS) is 10.9. The summed E-state index contributed by atoms with van der Waals surface area (Å²) in [6.07, 6.45) is 2.74. The van der Waals surface area contributed by atoms with Crippen LogP contribution >= 0.6 is 0 Å². The third-order valence-corrected chi connectivity index (χ3v) is 2.19. The summed E-state index contributed by atoms with van der Waals surface area (Å²) in [4.78, 5) is 10.3. The number of benzene rings is 2. The van der Waals surface area contributed by atoms with Crippen molar-refractivity contribution in [2.24, 2.45) is 0 Å². The van der Waals surface area contributed by atoms with Crippen molar-refractivity contribution in [2.45, 2.75) is 0 Å². The molecule has 0 aliphatic heterocycles. The number of carboxylic acid groups (broad SMARTS) is 1. The van der Waals surface area contributed by atoms with Crippen LogP contribution in [0.1, 0.15) is 5.56 Å². The largest absolute Gasteiger partial charge is 0.478 e. The standard InChI is InChI=1S/C13H10O2/c14-13(15)8-6-10-5-7-11-3-1-2-4-12(11)9-10/h1-9H,(H,14,15). The number of carboxylic acids is 1. The van der Waals surface area contributed by atoms with Gasteiger partial charge in [-0.3, -0.25) is 0 Å². The molecule has 1 N–H and O–H groups in total. The van der Waals surface area contributed by atoms with Crippen LogP contribution in [0.3, 0.4) is 0 Å². The Morgan fingerprint density at radius 2 is 1.80 bits per heavy atom. The molecule has 0 aromatic heterocycles. The van der Waals surface area contributed by atoms with Gasteiger partial charge in [-0.05, 0) is 28.5 Å². The second kappa shape index (κ2) is 3.96. The van der Waals surface area contributed by atoms with E-state index in [2.05, 4.69) is 0 Å². The van der Waals surface area contributed by atoms with Crippen LogP contribution in [0.2, 0.25) is 0 Å². The van der Waals surface area contributed by atoms with Crippen LogP contribution in [0.25, 0.3) is 16.8 Å². The second-order valence-corrected chi connectivity index (χ2v) is 3.28. The molecule has 0 heterocycles. The minimum atomic E-state index is -0.928. The van der Waals surface area contributed by atoms with E-state index < -0.39 is 5.97 Å². The van der Waals surface area contributed by atoms with Crippen molar-refractivity contribution in [2.75, 3.05) is 0 Å². The van der Waals surface area contributed by atoms with Gasteiger partial charge in [0.1, 0.15) is 0 Å². The first-order chi connectivity index (χ1) is 7.25. The quantitative estimate of drug-likeness (QED) is 0.753. The average molecular weight is 198 g/mol. The molecular weight excluding hydrogens is 188 g/mol. The van der Waals surface area contributed by atoms with E-state index in [9.17, 15) is 4.79 Å². The summed E-state index contributed by atoms with van der Waals surface area (Å²) in [5.74, 6) is -0.928. The highest BCUT2D eigenvalue weighted by Crippen LogP contribution is 2.16. The Morgan fingerprint density at radius 1 is 1.07 bits per heavy atom. The van der Waals surface area contributed by atoms with Crippen LogP contribution in [-0.4, -0.2) is 11.1 Å². The van der Waals surface area contributed by atoms with Crippen LogP contribution < -0.4 is 0 Å². The lowest BCUT2D eigenvalue weighted by Gasteiger charge is -1.98. The summed E-state index contributed by atoms with van der Waals surface area (Å²) >= 11 is 0. The molecule has 0 spiro atoms. The summed E-state index contributed by atoms with van der Waals surface area (Å²) in [5, 5.41) is 10.8. The fourth-order valence-electron chi connectivity index (χ4n) is 1.48. The van der Waals surface area contributed by atoms with Crippen molar-refractivity contribution >= 4 is 22.8 Å². The maximum absolute atomic E-state index is 10.3. The molecule has 0 fully saturated rings. The SMILES string of the molecule is O=C(O)C=Cc1ccc2ccccc2c1. The minimum Gasteiger partial charge on any atom is -0.478 e. The van der Waals surface area contributed by atoms with E-state index in [1.54, 1.807) is 6.08 Å². The molecule has 2 heteroatoms. The van der Waals surface area contributed by atoms with Gasteiger partial charge in [-0.25, -0.2) is 4.79 Å². The molecule has 0 saturated carbocycles. The van der Waals surface area contributed by atoms with E-state index in [4.69, 9.17) is 5.11 Å². The van der Waals surface area contributed by atoms with Gasteiger partial charge in [-0.2, -0.15) is 0 Å². The molecule has 0 radical (unpaired) electrons. The molecule has 0 amide bonds. The van der Waals surface area contributed by atoms with Gasteiger partial charge >= 0.3 is 5.97 Å². The molecule has 0 aliphatic carbocycles. The van der Waals surface area contributed by atoms with Crippen molar-refractivity contribution in [1.29, 1.82) is 0 Å². The monoisotopic (exact) mass is 198 g/mol. The lowest BCUT2D eigenvalue weighted by molar-refractivity contribution is -0.131. The number of hydrogen-bond acceptors (Lipinski definition) is 1. The van der Waals surface area contributed by atoms with Crippen molar-refractivity contribution < 1.29 is 9.90 Å². The van der Waals surface area contributed by atoms with Crippen LogP contribution in [0.5, 0.6) is 0 Å². The molecule has 2 nitrogen and oxygen atoms in total. The number of rotatable bonds is 2. The highest BCUT2D eigenvalue weighted by Gasteiger charge is 1.93. The third kappa shape index (κ3) is 2.23. The molecule has 0 bridgehead atoms. The van der Waals surface area contributed by atoms with Gasteiger partial charge in [0.15, 0.2) is 0 Å². The van der Waals surface area contributed by atoms with E-state index in [1.807, 2.05) is 42.5 Å². The van der Waals surface area contributed by atoms with E-state index in [1.165, 1.54) is 0 Å². The second-order valence-electron chi connectivity index (χ2n) is 3.28. The molecule has 0 unspecified atom stereocenters. The smallest absolute Gasteiger partial charge is 0.328 e. The van der Waals surface area contributed by atoms with Gasteiger partial charge in [0.25, 0.3) is 0 Å². The van der Waals surface area contributed by atoms with Gasteiger partial charge in [-0.15, -0.1) is 0 Å². The van der Waals surface area contributed by atoms with Gasteiger partial charge in [0.2, 0.25) is 0 Å². The van der Waals surface area contributed by atoms with Crippen LogP contribution in [0.4, 0.5) is 0 Å². The molecule has 0 atom stereocenters. The van der Waals surface area contributed by atoms with Gasteiger partial charge in [-0.1, -0.05) is 36.4 Å². The first-order valence-corrected chi connectivity index (χ1v) is 4.65. The van der Waals surface area contributed by atoms with E-state index >= 15 is 0 Å². The highest BCUT2D eigenvalue weighted by atomic mass is 16.4. The molecule has 2 aromatic carbocycles. The summed E-state index contributed by atoms with van der Waals surface area (Å²) < 4.78 is 0. The number of carbonyl (C=O) groups is 1. The third-order valence-electron chi connectivity index (χ3n) is 2.19. The highest BCUT2D eigenvalue weighted by molar-refractivity contribution is 5.88. The van der Waals surface area contributed by atoms with E-state index in [0.717, 1.165) is 22.4 Å². The van der Waals surface area contributed by atoms with Crippen molar-refractivity contribution in [3.05, 3.63) is 54.1 Å². The zero-order valence-electron chi connectivity index (χ0n) is 8.05. The average Bonchev–Trinajstić information content (AvgIpc) is 2.26. The Labute approximate surface area is 87.5 Å². The van der Waals surface area contributed by atoms with Crippen molar-refractivity contribution in [3.8, 4) is 0 Å². The minimum absolute atomic E-state index is 0.899. The zero-order valence-corrected chi connectivity index (χ0v) is 8.05. The fraction of sp³-hybridized carbons (Fsp3) is 0. The Balaban J connectivity index is 2.43. The van der Waals surface area contributed by atoms with E-state index in [0.29, 0.717) is 0 Å². The molecule has 2 aromatic rings. The van der Waals surface area contributed by atoms with Crippen LogP contribution in [-0.2, 0) is 4.79 Å². The molecular formula is C13H10O2. The molecule has 2 rings (SSSR count). The Bertz CT molecular complexity index is 527. The first kappa shape index (κ1) is 9.46. The topological polar surface area (TPSA) is 37.3 Å². The van der Waals surface area contributed by atoms with E-state index in [-0.39, 0.29) is 0 Å². The van der Waals surface area contributed by atoms with Gasteiger partial charge in [0.05, 0.1) is 0 Å².